The Morgan fingerprint density at radius 1 is 1.33 bits per heavy atom. The van der Waals surface area contributed by atoms with Gasteiger partial charge in [0.25, 0.3) is 0 Å². The van der Waals surface area contributed by atoms with Crippen LogP contribution in [-0.4, -0.2) is 70.1 Å². The molecule has 1 amide bonds. The maximum absolute atomic E-state index is 12.1. The van der Waals surface area contributed by atoms with Crippen LogP contribution in [0.2, 0.25) is 0 Å². The van der Waals surface area contributed by atoms with E-state index in [1.165, 1.54) is 0 Å². The summed E-state index contributed by atoms with van der Waals surface area (Å²) in [6.07, 6.45) is 2.88. The maximum Gasteiger partial charge on any atom is 0.249 e. The largest absolute Gasteiger partial charge is 0.507 e. The van der Waals surface area contributed by atoms with Crippen molar-refractivity contribution in [2.45, 2.75) is 44.9 Å². The summed E-state index contributed by atoms with van der Waals surface area (Å²) in [5.41, 5.74) is 0.880. The van der Waals surface area contributed by atoms with Crippen molar-refractivity contribution in [2.24, 2.45) is 0 Å². The molecule has 1 saturated heterocycles. The zero-order valence-electron chi connectivity index (χ0n) is 17.3. The second kappa shape index (κ2) is 9.44. The number of hydrogen-bond donors (Lipinski definition) is 2. The Balaban J connectivity index is 1.31. The second-order valence-corrected chi connectivity index (χ2v) is 7.75. The van der Waals surface area contributed by atoms with Crippen LogP contribution >= 0.6 is 0 Å². The average Bonchev–Trinajstić information content (AvgIpc) is 3.37. The summed E-state index contributed by atoms with van der Waals surface area (Å²) in [4.78, 5) is 14.4. The highest BCUT2D eigenvalue weighted by Crippen LogP contribution is 2.25. The van der Waals surface area contributed by atoms with Crippen molar-refractivity contribution in [3.05, 3.63) is 35.4 Å². The number of methoxy groups -OCH3 is 1. The summed E-state index contributed by atoms with van der Waals surface area (Å²) in [6.45, 7) is 4.33. The molecule has 2 N–H and O–H groups in total. The van der Waals surface area contributed by atoms with Crippen LogP contribution in [0.25, 0.3) is 0 Å². The molecule has 3 heterocycles. The first-order valence-corrected chi connectivity index (χ1v) is 10.5. The lowest BCUT2D eigenvalue weighted by Gasteiger charge is -2.20. The average molecular weight is 415 g/mol. The molecule has 0 radical (unpaired) electrons. The van der Waals surface area contributed by atoms with Gasteiger partial charge in [-0.15, -0.1) is 10.2 Å². The van der Waals surface area contributed by atoms with Gasteiger partial charge in [-0.1, -0.05) is 6.07 Å². The van der Waals surface area contributed by atoms with Gasteiger partial charge in [0.15, 0.2) is 0 Å². The van der Waals surface area contributed by atoms with Gasteiger partial charge < -0.3 is 24.5 Å². The van der Waals surface area contributed by atoms with Crippen molar-refractivity contribution in [1.82, 2.24) is 25.0 Å². The van der Waals surface area contributed by atoms with E-state index in [1.807, 2.05) is 12.1 Å². The van der Waals surface area contributed by atoms with Gasteiger partial charge in [0.1, 0.15) is 29.3 Å². The number of phenolic OH excluding ortho intramolecular Hbond substituents is 1. The molecule has 0 unspecified atom stereocenters. The summed E-state index contributed by atoms with van der Waals surface area (Å²) in [5, 5.41) is 21.9. The van der Waals surface area contributed by atoms with E-state index in [2.05, 4.69) is 25.0 Å². The summed E-state index contributed by atoms with van der Waals surface area (Å²) in [7, 11) is 1.59. The summed E-state index contributed by atoms with van der Waals surface area (Å²) < 4.78 is 12.7. The molecule has 1 aromatic heterocycles. The Morgan fingerprint density at radius 3 is 3.00 bits per heavy atom. The van der Waals surface area contributed by atoms with E-state index in [-0.39, 0.29) is 17.8 Å². The molecule has 162 valence electrons. The number of amides is 1. The molecule has 9 heteroatoms. The lowest BCUT2D eigenvalue weighted by Crippen LogP contribution is -2.35. The predicted octanol–water partition coefficient (Wildman–Crippen LogP) is 0.888. The van der Waals surface area contributed by atoms with Gasteiger partial charge >= 0.3 is 0 Å². The van der Waals surface area contributed by atoms with Gasteiger partial charge in [-0.05, 0) is 18.9 Å². The van der Waals surface area contributed by atoms with Crippen LogP contribution in [0.3, 0.4) is 0 Å². The van der Waals surface area contributed by atoms with Crippen LogP contribution in [0.5, 0.6) is 11.5 Å². The maximum atomic E-state index is 12.1. The minimum Gasteiger partial charge on any atom is -0.507 e. The Bertz CT molecular complexity index is 878. The van der Waals surface area contributed by atoms with Crippen molar-refractivity contribution in [2.75, 3.05) is 33.4 Å². The fourth-order valence-corrected chi connectivity index (χ4v) is 4.01. The molecule has 9 nitrogen and oxygen atoms in total. The number of fused-ring (bicyclic) bond motifs is 1. The number of carbonyl (C=O) groups is 1. The van der Waals surface area contributed by atoms with E-state index in [0.29, 0.717) is 31.9 Å². The monoisotopic (exact) mass is 415 g/mol. The van der Waals surface area contributed by atoms with Gasteiger partial charge in [0.2, 0.25) is 5.91 Å². The summed E-state index contributed by atoms with van der Waals surface area (Å²) in [6, 6.07) is 5.41. The molecule has 0 aliphatic carbocycles. The highest BCUT2D eigenvalue weighted by atomic mass is 16.5. The van der Waals surface area contributed by atoms with Gasteiger partial charge in [0.05, 0.1) is 7.11 Å². The van der Waals surface area contributed by atoms with E-state index in [9.17, 15) is 9.90 Å². The van der Waals surface area contributed by atoms with E-state index < -0.39 is 0 Å². The number of rotatable bonds is 7. The van der Waals surface area contributed by atoms with Crippen LogP contribution in [0.15, 0.2) is 18.2 Å². The van der Waals surface area contributed by atoms with E-state index >= 15 is 0 Å². The molecule has 2 aliphatic rings. The van der Waals surface area contributed by atoms with Gasteiger partial charge in [-0.3, -0.25) is 9.69 Å². The van der Waals surface area contributed by atoms with E-state index in [1.54, 1.807) is 13.2 Å². The molecular weight excluding hydrogens is 386 g/mol. The number of benzene rings is 1. The number of ether oxygens (including phenoxy) is 2. The standard InChI is InChI=1S/C21H29N5O4/c1-29-16-5-4-15(17(27)13-16)14-25-9-7-20-24-23-19(26(20)11-10-25)6-8-22-21(28)18-3-2-12-30-18/h4-5,13,18,27H,2-3,6-12,14H2,1H3,(H,22,28)/t18-/m0/s1. The lowest BCUT2D eigenvalue weighted by molar-refractivity contribution is -0.130. The zero-order valence-corrected chi connectivity index (χ0v) is 17.3. The van der Waals surface area contributed by atoms with Gasteiger partial charge in [0, 0.05) is 63.8 Å². The normalized spacial score (nSPS) is 19.3. The number of hydrogen-bond acceptors (Lipinski definition) is 7. The SMILES string of the molecule is COc1ccc(CN2CCc3nnc(CCNC(=O)[C@@H]4CCCO4)n3CC2)c(O)c1. The minimum absolute atomic E-state index is 0.0337. The van der Waals surface area contributed by atoms with Crippen LogP contribution in [0.1, 0.15) is 30.1 Å². The molecule has 1 atom stereocenters. The third-order valence-corrected chi connectivity index (χ3v) is 5.75. The zero-order chi connectivity index (χ0) is 20.9. The molecule has 1 fully saturated rings. The quantitative estimate of drug-likeness (QED) is 0.692. The molecule has 0 bridgehead atoms. The smallest absolute Gasteiger partial charge is 0.249 e. The predicted molar refractivity (Wildman–Crippen MR) is 109 cm³/mol. The fraction of sp³-hybridized carbons (Fsp3) is 0.571. The van der Waals surface area contributed by atoms with Crippen molar-refractivity contribution in [1.29, 1.82) is 0 Å². The molecule has 0 spiro atoms. The highest BCUT2D eigenvalue weighted by Gasteiger charge is 2.24. The van der Waals surface area contributed by atoms with E-state index in [0.717, 1.165) is 56.1 Å². The van der Waals surface area contributed by atoms with E-state index in [4.69, 9.17) is 9.47 Å². The molecule has 4 rings (SSSR count). The fourth-order valence-electron chi connectivity index (χ4n) is 4.01. The third-order valence-electron chi connectivity index (χ3n) is 5.75. The molecule has 30 heavy (non-hydrogen) atoms. The minimum atomic E-state index is -0.302. The number of phenols is 1. The number of aromatic hydroxyl groups is 1. The van der Waals surface area contributed by atoms with Crippen LogP contribution in [0.4, 0.5) is 0 Å². The second-order valence-electron chi connectivity index (χ2n) is 7.75. The number of nitrogens with one attached hydrogen (secondary N) is 1. The topological polar surface area (TPSA) is 102 Å². The number of aromatic nitrogens is 3. The number of nitrogens with zero attached hydrogens (tertiary/aromatic N) is 4. The Labute approximate surface area is 176 Å². The van der Waals surface area contributed by atoms with Gasteiger partial charge in [-0.25, -0.2) is 0 Å². The first-order valence-electron chi connectivity index (χ1n) is 10.5. The van der Waals surface area contributed by atoms with Crippen molar-refractivity contribution in [3.8, 4) is 11.5 Å². The number of carbonyl (C=O) groups excluding carboxylic acids is 1. The Morgan fingerprint density at radius 2 is 2.23 bits per heavy atom. The third kappa shape index (κ3) is 4.73. The summed E-state index contributed by atoms with van der Waals surface area (Å²) >= 11 is 0. The molecule has 1 aromatic carbocycles. The Hall–Kier alpha value is -2.65. The highest BCUT2D eigenvalue weighted by molar-refractivity contribution is 5.80. The molecule has 2 aromatic rings. The van der Waals surface area contributed by atoms with Crippen LogP contribution in [-0.2, 0) is 35.5 Å². The lowest BCUT2D eigenvalue weighted by atomic mass is 10.1. The first kappa shape index (κ1) is 20.6. The van der Waals surface area contributed by atoms with Gasteiger partial charge in [-0.2, -0.15) is 0 Å². The summed E-state index contributed by atoms with van der Waals surface area (Å²) in [5.74, 6) is 2.73. The Kier molecular flexibility index (Phi) is 6.49. The molecular formula is C21H29N5O4. The van der Waals surface area contributed by atoms with Crippen LogP contribution in [0, 0.1) is 0 Å². The molecule has 2 aliphatic heterocycles. The van der Waals surface area contributed by atoms with Crippen molar-refractivity contribution in [3.63, 3.8) is 0 Å². The molecule has 0 saturated carbocycles. The van der Waals surface area contributed by atoms with Crippen molar-refractivity contribution >= 4 is 5.91 Å². The van der Waals surface area contributed by atoms with Crippen molar-refractivity contribution < 1.29 is 19.4 Å². The first-order chi connectivity index (χ1) is 14.6. The van der Waals surface area contributed by atoms with Crippen LogP contribution < -0.4 is 10.1 Å².